The molecule has 0 amide bonds. The molecule has 1 aromatic carbocycles. The molecule has 1 aromatic heterocycles. The number of nitrogens with zero attached hydrogens (tertiary/aromatic N) is 1. The number of hydrogen-bond acceptors (Lipinski definition) is 3. The van der Waals surface area contributed by atoms with Gasteiger partial charge in [-0.05, 0) is 44.5 Å². The Morgan fingerprint density at radius 2 is 2.00 bits per heavy atom. The number of nitrogens with one attached hydrogen (secondary N) is 1. The summed E-state index contributed by atoms with van der Waals surface area (Å²) in [7, 11) is 0. The molecule has 4 heteroatoms. The molecule has 0 fully saturated rings. The van der Waals surface area contributed by atoms with Gasteiger partial charge in [0.05, 0.1) is 5.92 Å². The van der Waals surface area contributed by atoms with Crippen LogP contribution in [0.5, 0.6) is 5.75 Å². The topological polar surface area (TPSA) is 45.3 Å². The van der Waals surface area contributed by atoms with E-state index in [-0.39, 0.29) is 11.9 Å². The van der Waals surface area contributed by atoms with Crippen LogP contribution in [0.2, 0.25) is 0 Å². The van der Waals surface area contributed by atoms with E-state index in [0.29, 0.717) is 11.8 Å². The number of carbonyl (C=O) groups is 1. The lowest BCUT2D eigenvalue weighted by Crippen LogP contribution is -2.32. The first-order chi connectivity index (χ1) is 10.9. The summed E-state index contributed by atoms with van der Waals surface area (Å²) in [6, 6.07) is 6.38. The van der Waals surface area contributed by atoms with Crippen LogP contribution in [0.1, 0.15) is 40.2 Å². The standard InChI is InChI=1S/C19H28N2O2/c1-6-21(14(4)5)10-9-15-12-20-18-11-16(7-8-17(15)18)23-19(22)13(2)3/h7-8,11-14,20H,6,9-10H2,1-5H3. The third kappa shape index (κ3) is 4.35. The number of hydrogen-bond donors (Lipinski definition) is 1. The van der Waals surface area contributed by atoms with E-state index in [1.165, 1.54) is 10.9 Å². The predicted molar refractivity (Wildman–Crippen MR) is 94.9 cm³/mol. The maximum absolute atomic E-state index is 11.7. The van der Waals surface area contributed by atoms with E-state index in [4.69, 9.17) is 4.74 Å². The van der Waals surface area contributed by atoms with Crippen molar-refractivity contribution in [1.82, 2.24) is 9.88 Å². The first-order valence-corrected chi connectivity index (χ1v) is 8.48. The Hall–Kier alpha value is -1.81. The van der Waals surface area contributed by atoms with Crippen LogP contribution in [0, 0.1) is 5.92 Å². The van der Waals surface area contributed by atoms with Crippen molar-refractivity contribution in [3.63, 3.8) is 0 Å². The molecule has 23 heavy (non-hydrogen) atoms. The number of H-pyrrole nitrogens is 1. The van der Waals surface area contributed by atoms with Gasteiger partial charge in [0.15, 0.2) is 0 Å². The molecule has 0 radical (unpaired) electrons. The maximum Gasteiger partial charge on any atom is 0.313 e. The number of aromatic nitrogens is 1. The van der Waals surface area contributed by atoms with Crippen LogP contribution in [0.3, 0.4) is 0 Å². The quantitative estimate of drug-likeness (QED) is 0.620. The monoisotopic (exact) mass is 316 g/mol. The second-order valence-electron chi connectivity index (χ2n) is 6.57. The Kier molecular flexibility index (Phi) is 5.83. The molecule has 1 N–H and O–H groups in total. The van der Waals surface area contributed by atoms with Gasteiger partial charge in [-0.3, -0.25) is 4.79 Å². The third-order valence-corrected chi connectivity index (χ3v) is 4.23. The van der Waals surface area contributed by atoms with E-state index in [0.717, 1.165) is 25.0 Å². The molecular weight excluding hydrogens is 288 g/mol. The molecule has 0 aliphatic heterocycles. The van der Waals surface area contributed by atoms with Crippen molar-refractivity contribution in [2.24, 2.45) is 5.92 Å². The van der Waals surface area contributed by atoms with Crippen molar-refractivity contribution in [3.05, 3.63) is 30.0 Å². The fourth-order valence-electron chi connectivity index (χ4n) is 2.72. The summed E-state index contributed by atoms with van der Waals surface area (Å²) in [6.45, 7) is 12.4. The van der Waals surface area contributed by atoms with E-state index < -0.39 is 0 Å². The highest BCUT2D eigenvalue weighted by molar-refractivity contribution is 5.85. The van der Waals surface area contributed by atoms with Gasteiger partial charge >= 0.3 is 5.97 Å². The van der Waals surface area contributed by atoms with Crippen LogP contribution in [-0.2, 0) is 11.2 Å². The highest BCUT2D eigenvalue weighted by Crippen LogP contribution is 2.24. The average Bonchev–Trinajstić information content (AvgIpc) is 2.90. The van der Waals surface area contributed by atoms with Crippen molar-refractivity contribution in [2.75, 3.05) is 13.1 Å². The summed E-state index contributed by atoms with van der Waals surface area (Å²) in [5.74, 6) is 0.273. The summed E-state index contributed by atoms with van der Waals surface area (Å²) in [5, 5.41) is 1.20. The number of likely N-dealkylation sites (N-methyl/N-ethyl adjacent to an activating group) is 1. The number of benzene rings is 1. The second-order valence-corrected chi connectivity index (χ2v) is 6.57. The van der Waals surface area contributed by atoms with Gasteiger partial charge < -0.3 is 14.6 Å². The van der Waals surface area contributed by atoms with Gasteiger partial charge in [0, 0.05) is 35.8 Å². The zero-order chi connectivity index (χ0) is 17.0. The lowest BCUT2D eigenvalue weighted by Gasteiger charge is -2.24. The van der Waals surface area contributed by atoms with Crippen LogP contribution < -0.4 is 4.74 Å². The Bertz CT molecular complexity index is 658. The van der Waals surface area contributed by atoms with Gasteiger partial charge in [-0.25, -0.2) is 0 Å². The highest BCUT2D eigenvalue weighted by atomic mass is 16.5. The summed E-state index contributed by atoms with van der Waals surface area (Å²) < 4.78 is 5.37. The third-order valence-electron chi connectivity index (χ3n) is 4.23. The van der Waals surface area contributed by atoms with Gasteiger partial charge in [0.25, 0.3) is 0 Å². The van der Waals surface area contributed by atoms with Gasteiger partial charge in [-0.2, -0.15) is 0 Å². The molecule has 0 saturated heterocycles. The normalized spacial score (nSPS) is 11.8. The van der Waals surface area contributed by atoms with Crippen molar-refractivity contribution < 1.29 is 9.53 Å². The second kappa shape index (κ2) is 7.64. The average molecular weight is 316 g/mol. The van der Waals surface area contributed by atoms with Crippen molar-refractivity contribution in [2.45, 2.75) is 47.1 Å². The molecule has 0 saturated carbocycles. The molecule has 0 aliphatic carbocycles. The molecule has 4 nitrogen and oxygen atoms in total. The largest absolute Gasteiger partial charge is 0.426 e. The van der Waals surface area contributed by atoms with Crippen LogP contribution in [0.4, 0.5) is 0 Å². The van der Waals surface area contributed by atoms with E-state index >= 15 is 0 Å². The Balaban J connectivity index is 2.11. The summed E-state index contributed by atoms with van der Waals surface area (Å²) in [4.78, 5) is 17.4. The van der Waals surface area contributed by atoms with Gasteiger partial charge in [0.2, 0.25) is 0 Å². The fourth-order valence-corrected chi connectivity index (χ4v) is 2.72. The summed E-state index contributed by atoms with van der Waals surface area (Å²) >= 11 is 0. The van der Waals surface area contributed by atoms with Crippen LogP contribution in [0.15, 0.2) is 24.4 Å². The smallest absolute Gasteiger partial charge is 0.313 e. The molecule has 0 spiro atoms. The maximum atomic E-state index is 11.7. The van der Waals surface area contributed by atoms with Crippen molar-refractivity contribution in [3.8, 4) is 5.75 Å². The predicted octanol–water partition coefficient (Wildman–Crippen LogP) is 4.00. The van der Waals surface area contributed by atoms with E-state index in [9.17, 15) is 4.79 Å². The first kappa shape index (κ1) is 17.5. The van der Waals surface area contributed by atoms with E-state index in [2.05, 4.69) is 36.9 Å². The minimum absolute atomic E-state index is 0.124. The lowest BCUT2D eigenvalue weighted by atomic mass is 10.1. The molecule has 126 valence electrons. The molecule has 0 aliphatic rings. The van der Waals surface area contributed by atoms with Gasteiger partial charge in [-0.1, -0.05) is 20.8 Å². The molecular formula is C19H28N2O2. The Labute approximate surface area is 138 Å². The molecule has 2 aromatic rings. The molecule has 2 rings (SSSR count). The molecule has 1 heterocycles. The number of carbonyl (C=O) groups excluding carboxylic acids is 1. The lowest BCUT2D eigenvalue weighted by molar-refractivity contribution is -0.137. The minimum atomic E-state index is -0.202. The number of ether oxygens (including phenoxy) is 1. The molecule has 0 atom stereocenters. The van der Waals surface area contributed by atoms with Crippen LogP contribution in [-0.4, -0.2) is 35.0 Å². The molecule has 0 bridgehead atoms. The van der Waals surface area contributed by atoms with Crippen molar-refractivity contribution in [1.29, 1.82) is 0 Å². The zero-order valence-electron chi connectivity index (χ0n) is 14.8. The number of esters is 1. The highest BCUT2D eigenvalue weighted by Gasteiger charge is 2.12. The minimum Gasteiger partial charge on any atom is -0.426 e. The number of fused-ring (bicyclic) bond motifs is 1. The Morgan fingerprint density at radius 1 is 1.26 bits per heavy atom. The first-order valence-electron chi connectivity index (χ1n) is 8.48. The number of rotatable bonds is 7. The van der Waals surface area contributed by atoms with Gasteiger partial charge in [0.1, 0.15) is 5.75 Å². The summed E-state index contributed by atoms with van der Waals surface area (Å²) in [5.41, 5.74) is 2.32. The van der Waals surface area contributed by atoms with Crippen molar-refractivity contribution >= 4 is 16.9 Å². The van der Waals surface area contributed by atoms with Crippen LogP contribution >= 0.6 is 0 Å². The van der Waals surface area contributed by atoms with E-state index in [1.807, 2.05) is 32.0 Å². The number of aromatic amines is 1. The van der Waals surface area contributed by atoms with E-state index in [1.54, 1.807) is 0 Å². The SMILES string of the molecule is CCN(CCc1c[nH]c2cc(OC(=O)C(C)C)ccc12)C(C)C. The van der Waals surface area contributed by atoms with Gasteiger partial charge in [-0.15, -0.1) is 0 Å². The zero-order valence-corrected chi connectivity index (χ0v) is 14.8. The molecule has 0 unspecified atom stereocenters. The van der Waals surface area contributed by atoms with Crippen LogP contribution in [0.25, 0.3) is 10.9 Å². The fraction of sp³-hybridized carbons (Fsp3) is 0.526. The summed E-state index contributed by atoms with van der Waals surface area (Å²) in [6.07, 6.45) is 3.07. The Morgan fingerprint density at radius 3 is 2.61 bits per heavy atom.